The van der Waals surface area contributed by atoms with E-state index in [1.807, 2.05) is 0 Å². The summed E-state index contributed by atoms with van der Waals surface area (Å²) >= 11 is 0. The van der Waals surface area contributed by atoms with Crippen LogP contribution in [0.1, 0.15) is 5.56 Å². The lowest BCUT2D eigenvalue weighted by Crippen LogP contribution is -3.26. The van der Waals surface area contributed by atoms with E-state index in [0.29, 0.717) is 0 Å². The molecule has 3 N–H and O–H groups in total. The third-order valence-electron chi connectivity index (χ3n) is 3.93. The van der Waals surface area contributed by atoms with Gasteiger partial charge in [0.25, 0.3) is 0 Å². The summed E-state index contributed by atoms with van der Waals surface area (Å²) in [4.78, 5) is 6.76. The summed E-state index contributed by atoms with van der Waals surface area (Å²) in [5.41, 5.74) is 2.73. The second-order valence-corrected chi connectivity index (χ2v) is 5.24. The first-order chi connectivity index (χ1) is 8.33. The number of rotatable bonds is 2. The van der Waals surface area contributed by atoms with E-state index < -0.39 is 0 Å². The van der Waals surface area contributed by atoms with Crippen LogP contribution in [0.2, 0.25) is 0 Å². The van der Waals surface area contributed by atoms with Gasteiger partial charge in [0.15, 0.2) is 0 Å². The lowest BCUT2D eigenvalue weighted by Gasteiger charge is -2.27. The molecule has 90 valence electrons. The lowest BCUT2D eigenvalue weighted by atomic mass is 10.1. The van der Waals surface area contributed by atoms with Crippen molar-refractivity contribution >= 4 is 10.9 Å². The second kappa shape index (κ2) is 4.51. The van der Waals surface area contributed by atoms with Gasteiger partial charge in [-0.3, -0.25) is 0 Å². The molecule has 0 unspecified atom stereocenters. The van der Waals surface area contributed by atoms with Gasteiger partial charge in [0.2, 0.25) is 0 Å². The Labute approximate surface area is 102 Å². The van der Waals surface area contributed by atoms with E-state index in [1.165, 1.54) is 42.6 Å². The zero-order valence-corrected chi connectivity index (χ0v) is 10.4. The molecule has 1 fully saturated rings. The highest BCUT2D eigenvalue weighted by molar-refractivity contribution is 5.82. The van der Waals surface area contributed by atoms with E-state index in [9.17, 15) is 0 Å². The van der Waals surface area contributed by atoms with E-state index >= 15 is 0 Å². The van der Waals surface area contributed by atoms with Crippen molar-refractivity contribution in [3.05, 3.63) is 36.0 Å². The molecule has 1 saturated heterocycles. The molecule has 17 heavy (non-hydrogen) atoms. The summed E-state index contributed by atoms with van der Waals surface area (Å²) < 4.78 is 0. The number of para-hydroxylation sites is 1. The van der Waals surface area contributed by atoms with E-state index in [4.69, 9.17) is 0 Å². The lowest BCUT2D eigenvalue weighted by molar-refractivity contribution is -1.01. The standard InChI is InChI=1S/C14H19N3/c1-16-6-8-17(9-7-16)11-12-10-15-14-5-3-2-4-13(12)14/h2-5,10,15H,6-9,11H2,1H3/p+2. The Hall–Kier alpha value is -1.32. The quantitative estimate of drug-likeness (QED) is 0.596. The molecule has 1 aromatic heterocycles. The number of aromatic nitrogens is 1. The summed E-state index contributed by atoms with van der Waals surface area (Å²) in [6.07, 6.45) is 2.18. The minimum absolute atomic E-state index is 1.16. The molecule has 3 nitrogen and oxygen atoms in total. The molecule has 0 bridgehead atoms. The largest absolute Gasteiger partial charge is 0.361 e. The Morgan fingerprint density at radius 2 is 1.88 bits per heavy atom. The van der Waals surface area contributed by atoms with Gasteiger partial charge in [-0.2, -0.15) is 0 Å². The summed E-state index contributed by atoms with van der Waals surface area (Å²) in [5, 5.41) is 1.39. The van der Waals surface area contributed by atoms with Crippen LogP contribution >= 0.6 is 0 Å². The molecular weight excluding hydrogens is 210 g/mol. The predicted molar refractivity (Wildman–Crippen MR) is 69.3 cm³/mol. The van der Waals surface area contributed by atoms with Gasteiger partial charge >= 0.3 is 0 Å². The van der Waals surface area contributed by atoms with Gasteiger partial charge < -0.3 is 14.8 Å². The van der Waals surface area contributed by atoms with Crippen molar-refractivity contribution in [2.45, 2.75) is 6.54 Å². The van der Waals surface area contributed by atoms with Gasteiger partial charge in [-0.1, -0.05) is 18.2 Å². The Balaban J connectivity index is 1.76. The number of hydrogen-bond donors (Lipinski definition) is 3. The Kier molecular flexibility index (Phi) is 2.87. The minimum Gasteiger partial charge on any atom is -0.361 e. The van der Waals surface area contributed by atoms with Crippen molar-refractivity contribution in [1.82, 2.24) is 4.98 Å². The molecule has 0 atom stereocenters. The van der Waals surface area contributed by atoms with Crippen LogP contribution < -0.4 is 9.80 Å². The van der Waals surface area contributed by atoms with Crippen LogP contribution in [-0.2, 0) is 6.54 Å². The molecule has 0 radical (unpaired) electrons. The van der Waals surface area contributed by atoms with Gasteiger partial charge in [-0.15, -0.1) is 0 Å². The summed E-state index contributed by atoms with van der Waals surface area (Å²) in [6, 6.07) is 8.60. The van der Waals surface area contributed by atoms with Crippen molar-refractivity contribution in [3.8, 4) is 0 Å². The fourth-order valence-electron chi connectivity index (χ4n) is 2.75. The van der Waals surface area contributed by atoms with Crippen molar-refractivity contribution < 1.29 is 9.80 Å². The number of piperazine rings is 1. The molecule has 1 aromatic carbocycles. The normalized spacial score (nSPS) is 25.2. The van der Waals surface area contributed by atoms with Crippen molar-refractivity contribution in [2.75, 3.05) is 33.2 Å². The number of nitrogens with one attached hydrogen (secondary N) is 3. The average molecular weight is 231 g/mol. The van der Waals surface area contributed by atoms with Crippen molar-refractivity contribution in [1.29, 1.82) is 0 Å². The zero-order chi connectivity index (χ0) is 11.7. The zero-order valence-electron chi connectivity index (χ0n) is 10.4. The maximum absolute atomic E-state index is 3.37. The van der Waals surface area contributed by atoms with Gasteiger partial charge in [-0.05, 0) is 6.07 Å². The number of fused-ring (bicyclic) bond motifs is 1. The second-order valence-electron chi connectivity index (χ2n) is 5.24. The molecular formula is C14H21N3+2. The van der Waals surface area contributed by atoms with E-state index in [2.05, 4.69) is 42.5 Å². The molecule has 0 spiro atoms. The highest BCUT2D eigenvalue weighted by Crippen LogP contribution is 2.16. The Morgan fingerprint density at radius 3 is 2.71 bits per heavy atom. The van der Waals surface area contributed by atoms with Crippen molar-refractivity contribution in [3.63, 3.8) is 0 Å². The minimum atomic E-state index is 1.16. The number of likely N-dealkylation sites (N-methyl/N-ethyl adjacent to an activating group) is 1. The molecule has 2 heterocycles. The maximum Gasteiger partial charge on any atom is 0.127 e. The van der Waals surface area contributed by atoms with Crippen LogP contribution in [0, 0.1) is 0 Å². The monoisotopic (exact) mass is 231 g/mol. The number of hydrogen-bond acceptors (Lipinski definition) is 0. The van der Waals surface area contributed by atoms with Crippen LogP contribution in [-0.4, -0.2) is 38.2 Å². The van der Waals surface area contributed by atoms with E-state index in [1.54, 1.807) is 9.80 Å². The number of quaternary nitrogens is 2. The van der Waals surface area contributed by atoms with Crippen LogP contribution in [0.3, 0.4) is 0 Å². The fraction of sp³-hybridized carbons (Fsp3) is 0.429. The molecule has 3 rings (SSSR count). The Morgan fingerprint density at radius 1 is 1.12 bits per heavy atom. The first-order valence-electron chi connectivity index (χ1n) is 6.53. The SMILES string of the molecule is C[NH+]1CC[NH+](Cc2c[nH]c3ccccc23)CC1. The summed E-state index contributed by atoms with van der Waals surface area (Å²) in [5.74, 6) is 0. The first-order valence-corrected chi connectivity index (χ1v) is 6.53. The molecule has 0 aliphatic carbocycles. The first kappa shape index (κ1) is 10.8. The van der Waals surface area contributed by atoms with E-state index in [0.717, 1.165) is 6.54 Å². The topological polar surface area (TPSA) is 24.7 Å². The smallest absolute Gasteiger partial charge is 0.127 e. The van der Waals surface area contributed by atoms with Crippen molar-refractivity contribution in [2.24, 2.45) is 0 Å². The van der Waals surface area contributed by atoms with Gasteiger partial charge in [0, 0.05) is 22.7 Å². The average Bonchev–Trinajstić information content (AvgIpc) is 2.76. The van der Waals surface area contributed by atoms with Gasteiger partial charge in [0.05, 0.1) is 7.05 Å². The molecule has 1 aliphatic rings. The molecule has 2 aromatic rings. The Bertz CT molecular complexity index is 495. The summed E-state index contributed by atoms with van der Waals surface area (Å²) in [6.45, 7) is 6.36. The predicted octanol–water partition coefficient (Wildman–Crippen LogP) is -0.919. The van der Waals surface area contributed by atoms with E-state index in [-0.39, 0.29) is 0 Å². The van der Waals surface area contributed by atoms with Crippen LogP contribution in [0.15, 0.2) is 30.5 Å². The number of benzene rings is 1. The molecule has 3 heteroatoms. The highest BCUT2D eigenvalue weighted by Gasteiger charge is 2.20. The fourth-order valence-corrected chi connectivity index (χ4v) is 2.75. The third kappa shape index (κ3) is 2.21. The summed E-state index contributed by atoms with van der Waals surface area (Å²) in [7, 11) is 2.29. The third-order valence-corrected chi connectivity index (χ3v) is 3.93. The molecule has 0 amide bonds. The van der Waals surface area contributed by atoms with Gasteiger partial charge in [-0.25, -0.2) is 0 Å². The number of aromatic amines is 1. The van der Waals surface area contributed by atoms with Crippen LogP contribution in [0.25, 0.3) is 10.9 Å². The van der Waals surface area contributed by atoms with Crippen LogP contribution in [0.4, 0.5) is 0 Å². The number of H-pyrrole nitrogens is 1. The molecule has 0 saturated carbocycles. The molecule has 1 aliphatic heterocycles. The van der Waals surface area contributed by atoms with Crippen LogP contribution in [0.5, 0.6) is 0 Å². The maximum atomic E-state index is 3.37. The van der Waals surface area contributed by atoms with Gasteiger partial charge in [0.1, 0.15) is 32.7 Å². The highest BCUT2D eigenvalue weighted by atomic mass is 15.2.